The van der Waals surface area contributed by atoms with Crippen LogP contribution in [0.3, 0.4) is 0 Å². The highest BCUT2D eigenvalue weighted by Crippen LogP contribution is 2.48. The maximum Gasteiger partial charge on any atom is 0.0698 e. The summed E-state index contributed by atoms with van der Waals surface area (Å²) >= 11 is 6.14. The maximum absolute atomic E-state index is 6.14. The second-order valence-corrected chi connectivity index (χ2v) is 5.41. The topological polar surface area (TPSA) is 15.3 Å². The molecule has 1 aliphatic rings. The van der Waals surface area contributed by atoms with Gasteiger partial charge in [-0.3, -0.25) is 0 Å². The van der Waals surface area contributed by atoms with Crippen LogP contribution in [0.25, 0.3) is 0 Å². The molecule has 0 aromatic heterocycles. The van der Waals surface area contributed by atoms with Crippen LogP contribution in [-0.4, -0.2) is 0 Å². The molecule has 0 amide bonds. The average Bonchev–Trinajstić information content (AvgIpc) is 2.53. The van der Waals surface area contributed by atoms with Gasteiger partial charge in [-0.25, -0.2) is 0 Å². The van der Waals surface area contributed by atoms with Crippen molar-refractivity contribution in [3.05, 3.63) is 77.8 Å². The van der Waals surface area contributed by atoms with E-state index in [-0.39, 0.29) is 0 Å². The summed E-state index contributed by atoms with van der Waals surface area (Å²) in [6.45, 7) is 0. The molecule has 4 rings (SSSR count). The molecule has 0 unspecified atom stereocenters. The lowest BCUT2D eigenvalue weighted by Gasteiger charge is -2.34. The van der Waals surface area contributed by atoms with Gasteiger partial charge < -0.3 is 10.2 Å². The Morgan fingerprint density at radius 2 is 1.43 bits per heavy atom. The smallest absolute Gasteiger partial charge is 0.0698 e. The van der Waals surface area contributed by atoms with E-state index in [2.05, 4.69) is 52.7 Å². The Balaban J connectivity index is 1.97. The highest BCUT2D eigenvalue weighted by molar-refractivity contribution is 6.31. The molecule has 2 nitrogen and oxygen atoms in total. The van der Waals surface area contributed by atoms with E-state index in [1.165, 1.54) is 0 Å². The fourth-order valence-electron chi connectivity index (χ4n) is 2.71. The fourth-order valence-corrected chi connectivity index (χ4v) is 2.88. The summed E-state index contributed by atoms with van der Waals surface area (Å²) in [6, 6.07) is 24.6. The Morgan fingerprint density at radius 1 is 0.714 bits per heavy atom. The van der Waals surface area contributed by atoms with Crippen molar-refractivity contribution in [2.45, 2.75) is 0 Å². The Kier molecular flexibility index (Phi) is 2.83. The molecule has 0 atom stereocenters. The predicted molar refractivity (Wildman–Crippen MR) is 89.4 cm³/mol. The zero-order valence-corrected chi connectivity index (χ0v) is 12.0. The predicted octanol–water partition coefficient (Wildman–Crippen LogP) is 5.87. The van der Waals surface area contributed by atoms with Crippen LogP contribution in [0.1, 0.15) is 0 Å². The van der Waals surface area contributed by atoms with Crippen LogP contribution in [0.4, 0.5) is 28.4 Å². The number of rotatable bonds is 1. The van der Waals surface area contributed by atoms with Crippen LogP contribution in [0.15, 0.2) is 72.8 Å². The molecule has 3 aromatic rings. The minimum atomic E-state index is 0.730. The number of nitrogens with one attached hydrogen (secondary N) is 1. The summed E-state index contributed by atoms with van der Waals surface area (Å²) in [7, 11) is 0. The number of hydrogen-bond acceptors (Lipinski definition) is 2. The number of para-hydroxylation sites is 3. The van der Waals surface area contributed by atoms with Crippen molar-refractivity contribution < 1.29 is 0 Å². The molecule has 102 valence electrons. The molecule has 0 aliphatic carbocycles. The molecular formula is C18H13ClN2. The van der Waals surface area contributed by atoms with Crippen LogP contribution in [-0.2, 0) is 0 Å². The lowest BCUT2D eigenvalue weighted by molar-refractivity contribution is 1.25. The Bertz CT molecular complexity index is 799. The first-order valence-electron chi connectivity index (χ1n) is 6.84. The molecule has 1 aliphatic heterocycles. The normalized spacial score (nSPS) is 12.3. The van der Waals surface area contributed by atoms with Gasteiger partial charge in [-0.15, -0.1) is 0 Å². The van der Waals surface area contributed by atoms with Crippen molar-refractivity contribution in [1.29, 1.82) is 0 Å². The van der Waals surface area contributed by atoms with Crippen LogP contribution in [0, 0.1) is 0 Å². The van der Waals surface area contributed by atoms with Gasteiger partial charge >= 0.3 is 0 Å². The standard InChI is InChI=1S/C18H13ClN2/c19-13-10-11-18-16(12-13)20-15-8-4-5-9-17(15)21(18)14-6-2-1-3-7-14/h1-12,20H. The van der Waals surface area contributed by atoms with Gasteiger partial charge in [-0.1, -0.05) is 41.9 Å². The summed E-state index contributed by atoms with van der Waals surface area (Å²) in [4.78, 5) is 2.25. The zero-order chi connectivity index (χ0) is 14.2. The van der Waals surface area contributed by atoms with Gasteiger partial charge in [-0.2, -0.15) is 0 Å². The number of fused-ring (bicyclic) bond motifs is 2. The summed E-state index contributed by atoms with van der Waals surface area (Å²) in [5, 5.41) is 4.19. The molecule has 1 N–H and O–H groups in total. The van der Waals surface area contributed by atoms with E-state index in [1.54, 1.807) is 0 Å². The van der Waals surface area contributed by atoms with Crippen molar-refractivity contribution >= 4 is 40.0 Å². The minimum absolute atomic E-state index is 0.730. The average molecular weight is 293 g/mol. The first-order valence-corrected chi connectivity index (χ1v) is 7.21. The molecule has 3 heteroatoms. The molecule has 0 fully saturated rings. The van der Waals surface area contributed by atoms with E-state index >= 15 is 0 Å². The van der Waals surface area contributed by atoms with Gasteiger partial charge in [0.2, 0.25) is 0 Å². The second kappa shape index (κ2) is 4.83. The highest BCUT2D eigenvalue weighted by Gasteiger charge is 2.23. The highest BCUT2D eigenvalue weighted by atomic mass is 35.5. The lowest BCUT2D eigenvalue weighted by atomic mass is 10.1. The minimum Gasteiger partial charge on any atom is -0.352 e. The molecule has 0 spiro atoms. The van der Waals surface area contributed by atoms with Crippen LogP contribution in [0.2, 0.25) is 5.02 Å². The van der Waals surface area contributed by atoms with Crippen LogP contribution in [0.5, 0.6) is 0 Å². The Hall–Kier alpha value is -2.45. The number of anilines is 5. The Labute approximate surface area is 128 Å². The Morgan fingerprint density at radius 3 is 2.29 bits per heavy atom. The van der Waals surface area contributed by atoms with Gasteiger partial charge in [0.05, 0.1) is 22.7 Å². The van der Waals surface area contributed by atoms with E-state index < -0.39 is 0 Å². The summed E-state index contributed by atoms with van der Waals surface area (Å²) in [6.07, 6.45) is 0. The first kappa shape index (κ1) is 12.3. The monoisotopic (exact) mass is 292 g/mol. The lowest BCUT2D eigenvalue weighted by Crippen LogP contribution is -2.17. The van der Waals surface area contributed by atoms with Gasteiger partial charge in [-0.05, 0) is 42.5 Å². The maximum atomic E-state index is 6.14. The van der Waals surface area contributed by atoms with E-state index in [9.17, 15) is 0 Å². The fraction of sp³-hybridized carbons (Fsp3) is 0. The first-order chi connectivity index (χ1) is 10.3. The molecule has 0 saturated heterocycles. The molecule has 0 bridgehead atoms. The molecule has 0 saturated carbocycles. The molecular weight excluding hydrogens is 280 g/mol. The van der Waals surface area contributed by atoms with Gasteiger partial charge in [0.25, 0.3) is 0 Å². The van der Waals surface area contributed by atoms with Gasteiger partial charge in [0, 0.05) is 10.7 Å². The number of halogens is 1. The summed E-state index contributed by atoms with van der Waals surface area (Å²) in [5.41, 5.74) is 5.47. The van der Waals surface area contributed by atoms with E-state index in [0.29, 0.717) is 0 Å². The number of benzene rings is 3. The third-order valence-corrected chi connectivity index (χ3v) is 3.86. The van der Waals surface area contributed by atoms with Gasteiger partial charge in [0.1, 0.15) is 0 Å². The largest absolute Gasteiger partial charge is 0.352 e. The number of hydrogen-bond donors (Lipinski definition) is 1. The summed E-state index contributed by atoms with van der Waals surface area (Å²) in [5.74, 6) is 0. The zero-order valence-electron chi connectivity index (χ0n) is 11.3. The van der Waals surface area contributed by atoms with Crippen molar-refractivity contribution in [3.8, 4) is 0 Å². The van der Waals surface area contributed by atoms with E-state index in [0.717, 1.165) is 33.5 Å². The molecule has 1 heterocycles. The van der Waals surface area contributed by atoms with Crippen molar-refractivity contribution in [2.24, 2.45) is 0 Å². The van der Waals surface area contributed by atoms with Gasteiger partial charge in [0.15, 0.2) is 0 Å². The molecule has 3 aromatic carbocycles. The van der Waals surface area contributed by atoms with E-state index in [4.69, 9.17) is 11.6 Å². The van der Waals surface area contributed by atoms with E-state index in [1.807, 2.05) is 30.3 Å². The van der Waals surface area contributed by atoms with Crippen LogP contribution >= 0.6 is 11.6 Å². The molecule has 0 radical (unpaired) electrons. The third kappa shape index (κ3) is 2.05. The SMILES string of the molecule is Clc1ccc2c(c1)Nc1ccccc1N2c1ccccc1. The summed E-state index contributed by atoms with van der Waals surface area (Å²) < 4.78 is 0. The van der Waals surface area contributed by atoms with Crippen molar-refractivity contribution in [3.63, 3.8) is 0 Å². The molecule has 21 heavy (non-hydrogen) atoms. The van der Waals surface area contributed by atoms with Crippen molar-refractivity contribution in [2.75, 3.05) is 10.2 Å². The third-order valence-electron chi connectivity index (χ3n) is 3.63. The van der Waals surface area contributed by atoms with Crippen molar-refractivity contribution in [1.82, 2.24) is 0 Å². The number of nitrogens with zero attached hydrogens (tertiary/aromatic N) is 1. The quantitative estimate of drug-likeness (QED) is 0.472. The second-order valence-electron chi connectivity index (χ2n) is 4.97. The van der Waals surface area contributed by atoms with Crippen LogP contribution < -0.4 is 10.2 Å².